The van der Waals surface area contributed by atoms with Gasteiger partial charge < -0.3 is 5.73 Å². The zero-order valence-electron chi connectivity index (χ0n) is 13.6. The minimum absolute atomic E-state index is 0.0430. The van der Waals surface area contributed by atoms with Crippen LogP contribution >= 0.6 is 15.9 Å². The number of carbonyl (C=O) groups is 1. The number of halogens is 1. The van der Waals surface area contributed by atoms with Crippen LogP contribution < -0.4 is 5.73 Å². The Bertz CT molecular complexity index is 721. The van der Waals surface area contributed by atoms with Crippen molar-refractivity contribution in [2.24, 2.45) is 22.1 Å². The van der Waals surface area contributed by atoms with Gasteiger partial charge in [0.15, 0.2) is 11.5 Å². The number of likely N-dealkylation sites (N-methyl/N-ethyl adjacent to an activating group) is 1. The molecule has 2 N–H and O–H groups in total. The van der Waals surface area contributed by atoms with Crippen LogP contribution in [0.1, 0.15) is 43.7 Å². The smallest absolute Gasteiger partial charge is 0.262 e. The summed E-state index contributed by atoms with van der Waals surface area (Å²) in [5, 5.41) is 0. The number of aliphatic imine (C=N–C) groups is 1. The Labute approximate surface area is 145 Å². The van der Waals surface area contributed by atoms with E-state index < -0.39 is 5.54 Å². The molecule has 0 radical (unpaired) electrons. The van der Waals surface area contributed by atoms with E-state index in [2.05, 4.69) is 41.1 Å². The average Bonchev–Trinajstić information content (AvgIpc) is 2.92. The number of hydrogen-bond donors (Lipinski definition) is 1. The molecule has 122 valence electrons. The fraction of sp³-hybridized carbons (Fsp3) is 0.556. The summed E-state index contributed by atoms with van der Waals surface area (Å²) in [7, 11) is 1.74. The van der Waals surface area contributed by atoms with Gasteiger partial charge in [0, 0.05) is 16.9 Å². The number of benzene rings is 1. The van der Waals surface area contributed by atoms with E-state index in [1.54, 1.807) is 7.05 Å². The van der Waals surface area contributed by atoms with Crippen molar-refractivity contribution in [2.75, 3.05) is 7.05 Å². The van der Waals surface area contributed by atoms with Crippen LogP contribution in [0, 0.1) is 11.3 Å². The van der Waals surface area contributed by atoms with E-state index in [-0.39, 0.29) is 11.3 Å². The first-order valence-electron chi connectivity index (χ1n) is 8.32. The van der Waals surface area contributed by atoms with Crippen molar-refractivity contribution in [1.29, 1.82) is 0 Å². The van der Waals surface area contributed by atoms with Crippen LogP contribution in [-0.4, -0.2) is 23.8 Å². The van der Waals surface area contributed by atoms with E-state index in [0.29, 0.717) is 5.96 Å². The molecule has 2 spiro atoms. The van der Waals surface area contributed by atoms with Crippen molar-refractivity contribution < 1.29 is 4.79 Å². The summed E-state index contributed by atoms with van der Waals surface area (Å²) in [5.74, 6) is 1.12. The predicted molar refractivity (Wildman–Crippen MR) is 94.0 cm³/mol. The number of nitrogens with zero attached hydrogens (tertiary/aromatic N) is 2. The topological polar surface area (TPSA) is 58.7 Å². The lowest BCUT2D eigenvalue weighted by Crippen LogP contribution is -2.50. The number of nitrogens with two attached hydrogens (primary N) is 1. The molecule has 4 nitrogen and oxygen atoms in total. The number of amides is 1. The van der Waals surface area contributed by atoms with Crippen molar-refractivity contribution in [1.82, 2.24) is 4.90 Å². The summed E-state index contributed by atoms with van der Waals surface area (Å²) in [6.07, 6.45) is 5.32. The van der Waals surface area contributed by atoms with Crippen molar-refractivity contribution in [3.05, 3.63) is 33.8 Å². The first kappa shape index (κ1) is 15.2. The molecule has 5 heteroatoms. The molecule has 0 bridgehead atoms. The normalized spacial score (nSPS) is 36.0. The van der Waals surface area contributed by atoms with Crippen LogP contribution in [-0.2, 0) is 16.8 Å². The van der Waals surface area contributed by atoms with Crippen molar-refractivity contribution in [2.45, 2.75) is 44.6 Å². The van der Waals surface area contributed by atoms with Gasteiger partial charge >= 0.3 is 0 Å². The van der Waals surface area contributed by atoms with Crippen LogP contribution in [0.5, 0.6) is 0 Å². The molecule has 1 saturated carbocycles. The Kier molecular flexibility index (Phi) is 3.18. The van der Waals surface area contributed by atoms with Crippen LogP contribution in [0.15, 0.2) is 27.7 Å². The first-order chi connectivity index (χ1) is 10.9. The van der Waals surface area contributed by atoms with E-state index in [1.165, 1.54) is 10.5 Å². The summed E-state index contributed by atoms with van der Waals surface area (Å²) in [4.78, 5) is 19.6. The van der Waals surface area contributed by atoms with E-state index in [9.17, 15) is 4.79 Å². The third-order valence-corrected chi connectivity index (χ3v) is 6.72. The quantitative estimate of drug-likeness (QED) is 0.756. The first-order valence-corrected chi connectivity index (χ1v) is 9.11. The molecule has 0 aromatic heterocycles. The van der Waals surface area contributed by atoms with Gasteiger partial charge in [0.25, 0.3) is 5.91 Å². The fourth-order valence-corrected chi connectivity index (χ4v) is 5.19. The number of hydrogen-bond acceptors (Lipinski definition) is 3. The second kappa shape index (κ2) is 4.82. The maximum absolute atomic E-state index is 13.3. The molecule has 2 aliphatic carbocycles. The molecule has 1 unspecified atom stereocenters. The number of guanidine groups is 1. The number of rotatable bonds is 0. The molecule has 4 rings (SSSR count). The molecule has 3 aliphatic rings. The minimum Gasteiger partial charge on any atom is -0.369 e. The Morgan fingerprint density at radius 2 is 2.04 bits per heavy atom. The molecule has 23 heavy (non-hydrogen) atoms. The van der Waals surface area contributed by atoms with Crippen LogP contribution in [0.4, 0.5) is 0 Å². The highest BCUT2D eigenvalue weighted by Crippen LogP contribution is 2.62. The monoisotopic (exact) mass is 375 g/mol. The van der Waals surface area contributed by atoms with Gasteiger partial charge in [-0.05, 0) is 48.4 Å². The summed E-state index contributed by atoms with van der Waals surface area (Å²) < 4.78 is 0.993. The largest absolute Gasteiger partial charge is 0.369 e. The van der Waals surface area contributed by atoms with Gasteiger partial charge in [0.2, 0.25) is 0 Å². The van der Waals surface area contributed by atoms with Crippen LogP contribution in [0.25, 0.3) is 0 Å². The maximum atomic E-state index is 13.3. The molecule has 1 aliphatic heterocycles. The van der Waals surface area contributed by atoms with Crippen LogP contribution in [0.2, 0.25) is 0 Å². The van der Waals surface area contributed by atoms with Gasteiger partial charge in [-0.25, -0.2) is 4.99 Å². The SMILES string of the molecule is CC1CCC2(CC1)Cc1ccc(Br)cc1C21N=C(N)N(C)C1=O. The molecule has 0 saturated heterocycles. The molecular formula is C18H22BrN3O. The Hall–Kier alpha value is -1.36. The summed E-state index contributed by atoms with van der Waals surface area (Å²) in [5.41, 5.74) is 7.46. The van der Waals surface area contributed by atoms with Crippen molar-refractivity contribution in [3.8, 4) is 0 Å². The molecule has 1 heterocycles. The van der Waals surface area contributed by atoms with E-state index >= 15 is 0 Å². The summed E-state index contributed by atoms with van der Waals surface area (Å²) >= 11 is 3.56. The second-order valence-electron chi connectivity index (χ2n) is 7.49. The van der Waals surface area contributed by atoms with Crippen molar-refractivity contribution >= 4 is 27.8 Å². The third kappa shape index (κ3) is 1.83. The van der Waals surface area contributed by atoms with E-state index in [0.717, 1.165) is 48.1 Å². The molecule has 1 amide bonds. The minimum atomic E-state index is -0.814. The molecular weight excluding hydrogens is 354 g/mol. The van der Waals surface area contributed by atoms with Gasteiger partial charge in [-0.2, -0.15) is 0 Å². The zero-order valence-corrected chi connectivity index (χ0v) is 15.2. The Balaban J connectivity index is 1.95. The maximum Gasteiger partial charge on any atom is 0.262 e. The van der Waals surface area contributed by atoms with Gasteiger partial charge in [0.1, 0.15) is 0 Å². The van der Waals surface area contributed by atoms with Crippen LogP contribution in [0.3, 0.4) is 0 Å². The molecule has 1 aromatic rings. The highest BCUT2D eigenvalue weighted by atomic mass is 79.9. The van der Waals surface area contributed by atoms with Gasteiger partial charge in [0.05, 0.1) is 0 Å². The Morgan fingerprint density at radius 1 is 1.35 bits per heavy atom. The Morgan fingerprint density at radius 3 is 2.65 bits per heavy atom. The summed E-state index contributed by atoms with van der Waals surface area (Å²) in [6.45, 7) is 2.30. The highest BCUT2D eigenvalue weighted by molar-refractivity contribution is 9.10. The van der Waals surface area contributed by atoms with Crippen molar-refractivity contribution in [3.63, 3.8) is 0 Å². The standard InChI is InChI=1S/C18H22BrN3O/c1-11-5-7-17(8-6-11)10-12-3-4-13(19)9-14(12)18(17)15(23)22(2)16(20)21-18/h3-4,9,11H,5-8,10H2,1-2H3,(H2,20,21). The molecule has 1 aromatic carbocycles. The second-order valence-corrected chi connectivity index (χ2v) is 8.40. The summed E-state index contributed by atoms with van der Waals surface area (Å²) in [6, 6.07) is 6.29. The third-order valence-electron chi connectivity index (χ3n) is 6.23. The fourth-order valence-electron chi connectivity index (χ4n) is 4.83. The number of fused-ring (bicyclic) bond motifs is 3. The van der Waals surface area contributed by atoms with E-state index in [4.69, 9.17) is 10.7 Å². The lowest BCUT2D eigenvalue weighted by molar-refractivity contribution is -0.136. The number of carbonyl (C=O) groups excluding carboxylic acids is 1. The van der Waals surface area contributed by atoms with Gasteiger partial charge in [-0.15, -0.1) is 0 Å². The van der Waals surface area contributed by atoms with Gasteiger partial charge in [-0.1, -0.05) is 41.8 Å². The molecule has 1 fully saturated rings. The average molecular weight is 376 g/mol. The van der Waals surface area contributed by atoms with E-state index in [1.807, 2.05) is 0 Å². The predicted octanol–water partition coefficient (Wildman–Crippen LogP) is 3.18. The highest BCUT2D eigenvalue weighted by Gasteiger charge is 2.65. The lowest BCUT2D eigenvalue weighted by Gasteiger charge is -2.44. The lowest BCUT2D eigenvalue weighted by atomic mass is 9.60. The zero-order chi connectivity index (χ0) is 16.4. The van der Waals surface area contributed by atoms with Gasteiger partial charge in [-0.3, -0.25) is 9.69 Å². The molecule has 1 atom stereocenters.